The molecule has 0 aliphatic carbocycles. The second-order valence-corrected chi connectivity index (χ2v) is 5.51. The van der Waals surface area contributed by atoms with Crippen LogP contribution >= 0.6 is 0 Å². The van der Waals surface area contributed by atoms with Gasteiger partial charge in [-0.05, 0) is 26.0 Å². The molecule has 1 aliphatic heterocycles. The summed E-state index contributed by atoms with van der Waals surface area (Å²) in [5, 5.41) is 12.6. The van der Waals surface area contributed by atoms with Gasteiger partial charge in [-0.2, -0.15) is 4.80 Å². The maximum Gasteiger partial charge on any atom is 0.205 e. The molecule has 0 N–H and O–H groups in total. The Morgan fingerprint density at radius 2 is 2.11 bits per heavy atom. The summed E-state index contributed by atoms with van der Waals surface area (Å²) in [4.78, 5) is 8.16. The van der Waals surface area contributed by atoms with Crippen molar-refractivity contribution in [3.63, 3.8) is 0 Å². The van der Waals surface area contributed by atoms with Crippen molar-refractivity contribution in [1.82, 2.24) is 29.8 Å². The molecule has 0 fully saturated rings. The molecule has 96 valence electrons. The second kappa shape index (κ2) is 3.79. The summed E-state index contributed by atoms with van der Waals surface area (Å²) < 4.78 is 2.13. The quantitative estimate of drug-likeness (QED) is 0.779. The van der Waals surface area contributed by atoms with Crippen molar-refractivity contribution >= 4 is 5.95 Å². The van der Waals surface area contributed by atoms with Crippen molar-refractivity contribution in [3.8, 4) is 0 Å². The van der Waals surface area contributed by atoms with Crippen LogP contribution in [0.5, 0.6) is 0 Å². The molecule has 3 heterocycles. The highest BCUT2D eigenvalue weighted by molar-refractivity contribution is 5.34. The highest BCUT2D eigenvalue weighted by Crippen LogP contribution is 2.19. The summed E-state index contributed by atoms with van der Waals surface area (Å²) >= 11 is 0. The van der Waals surface area contributed by atoms with Crippen LogP contribution in [0.1, 0.15) is 26.6 Å². The van der Waals surface area contributed by atoms with E-state index in [1.165, 1.54) is 0 Å². The molecule has 0 atom stereocenters. The van der Waals surface area contributed by atoms with Crippen LogP contribution in [-0.2, 0) is 18.6 Å². The van der Waals surface area contributed by atoms with Crippen molar-refractivity contribution < 1.29 is 0 Å². The number of anilines is 1. The average Bonchev–Trinajstić information content (AvgIpc) is 2.95. The number of rotatable bonds is 2. The third kappa shape index (κ3) is 1.85. The normalized spacial score (nSPS) is 15.2. The van der Waals surface area contributed by atoms with E-state index in [1.807, 2.05) is 12.4 Å². The lowest BCUT2D eigenvalue weighted by atomic mass is 10.1. The van der Waals surface area contributed by atoms with E-state index in [0.717, 1.165) is 24.9 Å². The van der Waals surface area contributed by atoms with Crippen molar-refractivity contribution in [2.24, 2.45) is 0 Å². The van der Waals surface area contributed by atoms with E-state index in [9.17, 15) is 0 Å². The van der Waals surface area contributed by atoms with Gasteiger partial charge in [0, 0.05) is 25.5 Å². The molecule has 2 aromatic heterocycles. The van der Waals surface area contributed by atoms with Gasteiger partial charge in [0.1, 0.15) is 0 Å². The lowest BCUT2D eigenvalue weighted by molar-refractivity contribution is 0.305. The monoisotopic (exact) mass is 247 g/mol. The number of aromatic nitrogens is 6. The Kier molecular flexibility index (Phi) is 2.36. The molecule has 0 spiro atoms. The zero-order valence-corrected chi connectivity index (χ0v) is 10.9. The SMILES string of the molecule is CC(C)(C)n1nnc(CN2CCn3ccnc32)n1. The lowest BCUT2D eigenvalue weighted by Gasteiger charge is -2.16. The molecule has 3 rings (SSSR count). The van der Waals surface area contributed by atoms with Gasteiger partial charge in [0.15, 0.2) is 5.82 Å². The fourth-order valence-electron chi connectivity index (χ4n) is 2.00. The van der Waals surface area contributed by atoms with E-state index < -0.39 is 0 Å². The van der Waals surface area contributed by atoms with E-state index in [1.54, 1.807) is 4.80 Å². The Morgan fingerprint density at radius 3 is 2.83 bits per heavy atom. The molecule has 7 heteroatoms. The van der Waals surface area contributed by atoms with Gasteiger partial charge in [0.25, 0.3) is 0 Å². The van der Waals surface area contributed by atoms with Gasteiger partial charge >= 0.3 is 0 Å². The maximum atomic E-state index is 4.42. The molecular weight excluding hydrogens is 230 g/mol. The Bertz CT molecular complexity index is 548. The molecular formula is C11H17N7. The molecule has 2 aromatic rings. The van der Waals surface area contributed by atoms with Gasteiger partial charge in [-0.1, -0.05) is 0 Å². The molecule has 0 radical (unpaired) electrons. The summed E-state index contributed by atoms with van der Waals surface area (Å²) in [6, 6.07) is 0. The van der Waals surface area contributed by atoms with Gasteiger partial charge in [-0.25, -0.2) is 4.98 Å². The Morgan fingerprint density at radius 1 is 1.28 bits per heavy atom. The minimum absolute atomic E-state index is 0.130. The van der Waals surface area contributed by atoms with Crippen molar-refractivity contribution in [2.75, 3.05) is 11.4 Å². The minimum Gasteiger partial charge on any atom is -0.333 e. The number of fused-ring (bicyclic) bond motifs is 1. The molecule has 18 heavy (non-hydrogen) atoms. The van der Waals surface area contributed by atoms with Crippen molar-refractivity contribution in [2.45, 2.75) is 39.4 Å². The van der Waals surface area contributed by atoms with Crippen LogP contribution in [0, 0.1) is 0 Å². The van der Waals surface area contributed by atoms with Crippen LogP contribution in [0.15, 0.2) is 12.4 Å². The molecule has 0 unspecified atom stereocenters. The number of nitrogens with zero attached hydrogens (tertiary/aromatic N) is 7. The standard InChI is InChI=1S/C11H17N7/c1-11(2,3)18-14-9(13-15-18)8-17-7-6-16-5-4-12-10(16)17/h4-5H,6-8H2,1-3H3. The first-order valence-electron chi connectivity index (χ1n) is 6.09. The maximum absolute atomic E-state index is 4.42. The van der Waals surface area contributed by atoms with E-state index in [2.05, 4.69) is 50.6 Å². The molecule has 1 aliphatic rings. The zero-order chi connectivity index (χ0) is 12.8. The van der Waals surface area contributed by atoms with Gasteiger partial charge in [-0.15, -0.1) is 10.2 Å². The molecule has 7 nitrogen and oxygen atoms in total. The first kappa shape index (κ1) is 11.2. The Balaban J connectivity index is 1.77. The van der Waals surface area contributed by atoms with E-state index in [-0.39, 0.29) is 5.54 Å². The van der Waals surface area contributed by atoms with E-state index >= 15 is 0 Å². The predicted octanol–water partition coefficient (Wildman–Crippen LogP) is 0.645. The summed E-state index contributed by atoms with van der Waals surface area (Å²) in [6.07, 6.45) is 3.82. The van der Waals surface area contributed by atoms with Gasteiger partial charge in [-0.3, -0.25) is 0 Å². The topological polar surface area (TPSA) is 64.7 Å². The first-order valence-corrected chi connectivity index (χ1v) is 6.09. The number of imidazole rings is 1. The fourth-order valence-corrected chi connectivity index (χ4v) is 2.00. The van der Waals surface area contributed by atoms with Crippen LogP contribution < -0.4 is 4.90 Å². The Labute approximate surface area is 105 Å². The predicted molar refractivity (Wildman–Crippen MR) is 66.1 cm³/mol. The molecule has 0 saturated heterocycles. The number of hydrogen-bond acceptors (Lipinski definition) is 5. The van der Waals surface area contributed by atoms with Crippen molar-refractivity contribution in [1.29, 1.82) is 0 Å². The van der Waals surface area contributed by atoms with Gasteiger partial charge in [0.2, 0.25) is 5.95 Å². The number of hydrogen-bond donors (Lipinski definition) is 0. The molecule has 0 bridgehead atoms. The average molecular weight is 247 g/mol. The molecule has 0 saturated carbocycles. The van der Waals surface area contributed by atoms with Crippen molar-refractivity contribution in [3.05, 3.63) is 18.2 Å². The van der Waals surface area contributed by atoms with Crippen LogP contribution in [-0.4, -0.2) is 36.3 Å². The third-order valence-electron chi connectivity index (χ3n) is 2.97. The summed E-state index contributed by atoms with van der Waals surface area (Å²) in [5.41, 5.74) is -0.130. The van der Waals surface area contributed by atoms with Gasteiger partial charge in [0.05, 0.1) is 12.1 Å². The van der Waals surface area contributed by atoms with Crippen LogP contribution in [0.3, 0.4) is 0 Å². The van der Waals surface area contributed by atoms with Crippen LogP contribution in [0.25, 0.3) is 0 Å². The highest BCUT2D eigenvalue weighted by Gasteiger charge is 2.23. The van der Waals surface area contributed by atoms with E-state index in [0.29, 0.717) is 6.54 Å². The summed E-state index contributed by atoms with van der Waals surface area (Å²) in [6.45, 7) is 8.76. The minimum atomic E-state index is -0.130. The van der Waals surface area contributed by atoms with Gasteiger partial charge < -0.3 is 9.47 Å². The summed E-state index contributed by atoms with van der Waals surface area (Å²) in [7, 11) is 0. The third-order valence-corrected chi connectivity index (χ3v) is 2.97. The zero-order valence-electron chi connectivity index (χ0n) is 10.9. The summed E-state index contributed by atoms with van der Waals surface area (Å²) in [5.74, 6) is 1.73. The molecule has 0 amide bonds. The Hall–Kier alpha value is -1.92. The van der Waals surface area contributed by atoms with Crippen LogP contribution in [0.2, 0.25) is 0 Å². The van der Waals surface area contributed by atoms with Crippen LogP contribution in [0.4, 0.5) is 5.95 Å². The smallest absolute Gasteiger partial charge is 0.205 e. The first-order chi connectivity index (χ1) is 8.54. The molecule has 0 aromatic carbocycles. The number of tetrazole rings is 1. The fraction of sp³-hybridized carbons (Fsp3) is 0.636. The highest BCUT2D eigenvalue weighted by atomic mass is 15.6. The lowest BCUT2D eigenvalue weighted by Crippen LogP contribution is -2.25. The second-order valence-electron chi connectivity index (χ2n) is 5.51. The van der Waals surface area contributed by atoms with E-state index in [4.69, 9.17) is 0 Å². The largest absolute Gasteiger partial charge is 0.333 e.